The molecular weight excluding hydrogens is 445 g/mol. The summed E-state index contributed by atoms with van der Waals surface area (Å²) in [5, 5.41) is 9.02. The number of rotatable bonds is 5. The summed E-state index contributed by atoms with van der Waals surface area (Å²) in [5.74, 6) is -0.933. The molecule has 0 unspecified atom stereocenters. The molecule has 0 aliphatic carbocycles. The summed E-state index contributed by atoms with van der Waals surface area (Å²) in [7, 11) is -4.22. The maximum Gasteiger partial charge on any atom is 0.416 e. The SMILES string of the molecule is O=C(O)C/C=C\[C@@H]1[C@H]2CCCN3CCC[C@@H](CN1S(=O)(=O)c1cccc(C(F)(F)F)c1)[C@@H]23. The third kappa shape index (κ3) is 4.45. The number of aliphatic carboxylic acids is 1. The summed E-state index contributed by atoms with van der Waals surface area (Å²) in [4.78, 5) is 13.0. The molecule has 32 heavy (non-hydrogen) atoms. The van der Waals surface area contributed by atoms with Crippen LogP contribution in [0.25, 0.3) is 0 Å². The van der Waals surface area contributed by atoms with Crippen molar-refractivity contribution in [2.24, 2.45) is 11.8 Å². The Balaban J connectivity index is 1.74. The number of nitrogens with zero attached hydrogens (tertiary/aromatic N) is 2. The van der Waals surface area contributed by atoms with Crippen LogP contribution >= 0.6 is 0 Å². The quantitative estimate of drug-likeness (QED) is 0.663. The van der Waals surface area contributed by atoms with Crippen LogP contribution < -0.4 is 0 Å². The highest BCUT2D eigenvalue weighted by Crippen LogP contribution is 2.44. The molecule has 0 radical (unpaired) electrons. The number of hydrogen-bond acceptors (Lipinski definition) is 4. The molecule has 1 aromatic carbocycles. The van der Waals surface area contributed by atoms with Gasteiger partial charge in [0.05, 0.1) is 16.9 Å². The lowest BCUT2D eigenvalue weighted by Gasteiger charge is -2.56. The minimum atomic E-state index is -4.65. The molecule has 3 heterocycles. The molecule has 4 rings (SSSR count). The number of benzene rings is 1. The fourth-order valence-corrected chi connectivity index (χ4v) is 7.40. The molecule has 176 valence electrons. The largest absolute Gasteiger partial charge is 0.481 e. The van der Waals surface area contributed by atoms with Crippen LogP contribution in [0.15, 0.2) is 41.3 Å². The molecule has 3 aliphatic rings. The van der Waals surface area contributed by atoms with Crippen LogP contribution in [-0.2, 0) is 21.0 Å². The minimum Gasteiger partial charge on any atom is -0.481 e. The van der Waals surface area contributed by atoms with Gasteiger partial charge in [-0.15, -0.1) is 0 Å². The Labute approximate surface area is 185 Å². The summed E-state index contributed by atoms with van der Waals surface area (Å²) < 4.78 is 68.2. The van der Waals surface area contributed by atoms with Gasteiger partial charge in [-0.25, -0.2) is 8.42 Å². The van der Waals surface area contributed by atoms with Crippen molar-refractivity contribution in [1.29, 1.82) is 0 Å². The van der Waals surface area contributed by atoms with E-state index in [1.165, 1.54) is 16.4 Å². The molecule has 3 fully saturated rings. The van der Waals surface area contributed by atoms with Crippen LogP contribution in [0.5, 0.6) is 0 Å². The highest BCUT2D eigenvalue weighted by atomic mass is 32.2. The van der Waals surface area contributed by atoms with E-state index in [1.807, 2.05) is 0 Å². The van der Waals surface area contributed by atoms with Gasteiger partial charge in [0.25, 0.3) is 0 Å². The Morgan fingerprint density at radius 1 is 1.19 bits per heavy atom. The average molecular weight is 473 g/mol. The van der Waals surface area contributed by atoms with Gasteiger partial charge in [0, 0.05) is 18.6 Å². The molecular formula is C22H27F3N2O4S. The van der Waals surface area contributed by atoms with E-state index < -0.39 is 33.8 Å². The Morgan fingerprint density at radius 3 is 2.59 bits per heavy atom. The number of carboxylic acid groups (broad SMARTS) is 1. The molecule has 6 nitrogen and oxygen atoms in total. The number of piperidine rings is 3. The number of carboxylic acids is 1. The first-order chi connectivity index (χ1) is 15.1. The molecule has 10 heteroatoms. The van der Waals surface area contributed by atoms with Gasteiger partial charge in [-0.2, -0.15) is 17.5 Å². The van der Waals surface area contributed by atoms with Crippen LogP contribution in [0.4, 0.5) is 13.2 Å². The summed E-state index contributed by atoms with van der Waals surface area (Å²) in [5.41, 5.74) is -1.01. The molecule has 1 N–H and O–H groups in total. The Bertz CT molecular complexity index is 993. The number of hydrogen-bond donors (Lipinski definition) is 1. The molecule has 3 saturated heterocycles. The van der Waals surface area contributed by atoms with E-state index in [1.54, 1.807) is 6.08 Å². The van der Waals surface area contributed by atoms with Crippen molar-refractivity contribution in [1.82, 2.24) is 9.21 Å². The zero-order chi connectivity index (χ0) is 23.1. The average Bonchev–Trinajstić information content (AvgIpc) is 2.74. The Kier molecular flexibility index (Phi) is 6.39. The van der Waals surface area contributed by atoms with E-state index in [9.17, 15) is 26.4 Å². The minimum absolute atomic E-state index is 0.0200. The third-order valence-corrected chi connectivity index (χ3v) is 8.79. The number of carbonyl (C=O) groups is 1. The topological polar surface area (TPSA) is 77.9 Å². The zero-order valence-corrected chi connectivity index (χ0v) is 18.4. The van der Waals surface area contributed by atoms with Gasteiger partial charge in [-0.1, -0.05) is 18.2 Å². The van der Waals surface area contributed by atoms with Crippen molar-refractivity contribution in [2.75, 3.05) is 19.6 Å². The lowest BCUT2D eigenvalue weighted by molar-refractivity contribution is -0.138. The van der Waals surface area contributed by atoms with Gasteiger partial charge in [-0.05, 0) is 68.8 Å². The fourth-order valence-electron chi connectivity index (χ4n) is 5.67. The normalized spacial score (nSPS) is 29.7. The molecule has 0 spiro atoms. The Morgan fingerprint density at radius 2 is 1.91 bits per heavy atom. The second kappa shape index (κ2) is 8.79. The van der Waals surface area contributed by atoms with Crippen molar-refractivity contribution in [3.8, 4) is 0 Å². The van der Waals surface area contributed by atoms with Crippen LogP contribution in [0.1, 0.15) is 37.7 Å². The summed E-state index contributed by atoms with van der Waals surface area (Å²) >= 11 is 0. The van der Waals surface area contributed by atoms with Crippen molar-refractivity contribution in [2.45, 2.75) is 55.3 Å². The monoisotopic (exact) mass is 472 g/mol. The number of halogens is 3. The lowest BCUT2D eigenvalue weighted by atomic mass is 9.70. The molecule has 1 aromatic rings. The van der Waals surface area contributed by atoms with Crippen LogP contribution in [0.2, 0.25) is 0 Å². The van der Waals surface area contributed by atoms with E-state index in [4.69, 9.17) is 5.11 Å². The van der Waals surface area contributed by atoms with Gasteiger partial charge in [0.15, 0.2) is 0 Å². The fraction of sp³-hybridized carbons (Fsp3) is 0.591. The van der Waals surface area contributed by atoms with E-state index in [0.717, 1.165) is 50.9 Å². The van der Waals surface area contributed by atoms with Gasteiger partial charge >= 0.3 is 12.1 Å². The van der Waals surface area contributed by atoms with E-state index >= 15 is 0 Å². The van der Waals surface area contributed by atoms with E-state index in [-0.39, 0.29) is 35.7 Å². The smallest absolute Gasteiger partial charge is 0.416 e. The van der Waals surface area contributed by atoms with Crippen molar-refractivity contribution in [3.63, 3.8) is 0 Å². The van der Waals surface area contributed by atoms with Gasteiger partial charge in [-0.3, -0.25) is 9.69 Å². The van der Waals surface area contributed by atoms with Gasteiger partial charge < -0.3 is 5.11 Å². The first-order valence-corrected chi connectivity index (χ1v) is 12.3. The predicted molar refractivity (Wildman–Crippen MR) is 111 cm³/mol. The van der Waals surface area contributed by atoms with Crippen LogP contribution in [0, 0.1) is 11.8 Å². The summed E-state index contributed by atoms with van der Waals surface area (Å²) in [6, 6.07) is 3.48. The van der Waals surface area contributed by atoms with Gasteiger partial charge in [0.2, 0.25) is 10.0 Å². The maximum absolute atomic E-state index is 13.6. The first kappa shape index (κ1) is 23.3. The molecule has 0 saturated carbocycles. The van der Waals surface area contributed by atoms with E-state index in [2.05, 4.69) is 4.90 Å². The Hall–Kier alpha value is -1.91. The molecule has 3 aliphatic heterocycles. The summed E-state index contributed by atoms with van der Waals surface area (Å²) in [6.07, 6.45) is 1.76. The molecule has 0 amide bonds. The highest BCUT2D eigenvalue weighted by molar-refractivity contribution is 7.89. The van der Waals surface area contributed by atoms with Crippen molar-refractivity contribution < 1.29 is 31.5 Å². The van der Waals surface area contributed by atoms with Crippen molar-refractivity contribution in [3.05, 3.63) is 42.0 Å². The number of sulfonamides is 1. The second-order valence-corrected chi connectivity index (χ2v) is 10.7. The van der Waals surface area contributed by atoms with E-state index in [0.29, 0.717) is 6.07 Å². The standard InChI is InChI=1S/C22H27F3N2O4S/c23-22(24,25)16-6-1-7-17(13-16)32(30,31)27-14-15-5-3-11-26-12-4-8-18(21(15)26)19(27)9-2-10-20(28)29/h1-2,6-7,9,13,15,18-19,21H,3-5,8,10-12,14H2,(H,28,29)/b9-2-/t15-,18+,19+,21-/m0/s1. The predicted octanol–water partition coefficient (Wildman–Crippen LogP) is 3.60. The molecule has 0 bridgehead atoms. The number of alkyl halides is 3. The molecule has 4 atom stereocenters. The maximum atomic E-state index is 13.6. The first-order valence-electron chi connectivity index (χ1n) is 10.9. The summed E-state index contributed by atoms with van der Waals surface area (Å²) in [6.45, 7) is 2.14. The zero-order valence-electron chi connectivity index (χ0n) is 17.5. The second-order valence-electron chi connectivity index (χ2n) is 8.85. The third-order valence-electron chi connectivity index (χ3n) is 6.93. The lowest BCUT2D eigenvalue weighted by Crippen LogP contribution is -2.65. The van der Waals surface area contributed by atoms with Crippen LogP contribution in [-0.4, -0.2) is 60.4 Å². The molecule has 0 aromatic heterocycles. The van der Waals surface area contributed by atoms with Gasteiger partial charge in [0.1, 0.15) is 0 Å². The van der Waals surface area contributed by atoms with Crippen LogP contribution in [0.3, 0.4) is 0 Å². The van der Waals surface area contributed by atoms with Crippen molar-refractivity contribution >= 4 is 16.0 Å². The highest BCUT2D eigenvalue weighted by Gasteiger charge is 2.51.